The predicted molar refractivity (Wildman–Crippen MR) is 109 cm³/mol. The van der Waals surface area contributed by atoms with E-state index in [1.165, 1.54) is 24.3 Å². The van der Waals surface area contributed by atoms with E-state index < -0.39 is 6.03 Å². The molecule has 0 radical (unpaired) electrons. The molecule has 2 amide bonds. The van der Waals surface area contributed by atoms with Crippen LogP contribution in [0.2, 0.25) is 0 Å². The molecule has 1 aliphatic heterocycles. The van der Waals surface area contributed by atoms with Crippen molar-refractivity contribution in [1.29, 1.82) is 0 Å². The van der Waals surface area contributed by atoms with Crippen LogP contribution in [0.25, 0.3) is 6.08 Å². The van der Waals surface area contributed by atoms with Crippen molar-refractivity contribution in [2.75, 3.05) is 36.5 Å². The number of hydrazone groups is 1. The van der Waals surface area contributed by atoms with Gasteiger partial charge in [-0.1, -0.05) is 12.7 Å². The Morgan fingerprint density at radius 2 is 2.04 bits per heavy atom. The number of rotatable bonds is 6. The molecule has 1 aromatic carbocycles. The maximum absolute atomic E-state index is 12.9. The van der Waals surface area contributed by atoms with Crippen LogP contribution >= 0.6 is 0 Å². The topological polar surface area (TPSA) is 70.9 Å². The minimum absolute atomic E-state index is 0.364. The van der Waals surface area contributed by atoms with Crippen LogP contribution in [0.1, 0.15) is 18.1 Å². The van der Waals surface area contributed by atoms with Crippen molar-refractivity contribution in [3.63, 3.8) is 0 Å². The molecule has 1 fully saturated rings. The molecule has 0 unspecified atom stereocenters. The molecule has 28 heavy (non-hydrogen) atoms. The largest absolute Gasteiger partial charge is 0.378 e. The zero-order chi connectivity index (χ0) is 19.9. The van der Waals surface area contributed by atoms with Gasteiger partial charge >= 0.3 is 6.03 Å². The third kappa shape index (κ3) is 4.58. The molecule has 0 bridgehead atoms. The smallest absolute Gasteiger partial charge is 0.339 e. The fraction of sp³-hybridized carbons (Fsp3) is 0.300. The number of nitrogens with zero attached hydrogens (tertiary/aromatic N) is 3. The van der Waals surface area contributed by atoms with Gasteiger partial charge in [0.15, 0.2) is 0 Å². The van der Waals surface area contributed by atoms with Crippen LogP contribution in [0.4, 0.5) is 20.7 Å². The number of carbonyl (C=O) groups is 1. The molecule has 3 rings (SSSR count). The molecule has 1 aliphatic rings. The van der Waals surface area contributed by atoms with Gasteiger partial charge in [0.2, 0.25) is 0 Å². The van der Waals surface area contributed by atoms with Gasteiger partial charge in [-0.05, 0) is 31.2 Å². The molecule has 2 N–H and O–H groups in total. The average Bonchev–Trinajstić information content (AvgIpc) is 3.08. The summed E-state index contributed by atoms with van der Waals surface area (Å²) in [4.78, 5) is 14.3. The van der Waals surface area contributed by atoms with Crippen molar-refractivity contribution >= 4 is 29.8 Å². The Bertz CT molecular complexity index is 854. The minimum Gasteiger partial charge on any atom is -0.378 e. The Morgan fingerprint density at radius 3 is 2.68 bits per heavy atom. The van der Waals surface area contributed by atoms with Crippen LogP contribution in [0.5, 0.6) is 0 Å². The lowest BCUT2D eigenvalue weighted by Crippen LogP contribution is -2.38. The lowest BCUT2D eigenvalue weighted by molar-refractivity contribution is 0.122. The number of anilines is 2. The summed E-state index contributed by atoms with van der Waals surface area (Å²) in [7, 11) is 0. The zero-order valence-corrected chi connectivity index (χ0v) is 15.8. The summed E-state index contributed by atoms with van der Waals surface area (Å²) < 4.78 is 20.5. The third-order valence-corrected chi connectivity index (χ3v) is 4.45. The van der Waals surface area contributed by atoms with Crippen LogP contribution in [0, 0.1) is 5.82 Å². The van der Waals surface area contributed by atoms with E-state index in [-0.39, 0.29) is 5.82 Å². The van der Waals surface area contributed by atoms with Crippen LogP contribution in [0.15, 0.2) is 42.1 Å². The number of urea groups is 1. The Hall–Kier alpha value is -3.13. The maximum Gasteiger partial charge on any atom is 0.339 e. The molecule has 2 aromatic rings. The number of aryl methyl sites for hydroxylation is 1. The number of morpholine rings is 1. The predicted octanol–water partition coefficient (Wildman–Crippen LogP) is 3.28. The van der Waals surface area contributed by atoms with Gasteiger partial charge in [-0.25, -0.2) is 14.6 Å². The van der Waals surface area contributed by atoms with Crippen molar-refractivity contribution in [3.8, 4) is 0 Å². The summed E-state index contributed by atoms with van der Waals surface area (Å²) in [5.74, 6) is 0.669. The molecule has 1 saturated heterocycles. The Balaban J connectivity index is 1.74. The van der Waals surface area contributed by atoms with Crippen molar-refractivity contribution in [3.05, 3.63) is 54.0 Å². The van der Waals surface area contributed by atoms with E-state index >= 15 is 0 Å². The van der Waals surface area contributed by atoms with Gasteiger partial charge in [0.05, 0.1) is 19.4 Å². The minimum atomic E-state index is -0.508. The normalized spacial score (nSPS) is 14.3. The van der Waals surface area contributed by atoms with E-state index in [0.717, 1.165) is 36.6 Å². The first-order chi connectivity index (χ1) is 13.6. The Labute approximate surface area is 163 Å². The molecule has 7 nitrogen and oxygen atoms in total. The molecule has 0 spiro atoms. The molecular formula is C20H24FN5O2. The summed E-state index contributed by atoms with van der Waals surface area (Å²) >= 11 is 0. The highest BCUT2D eigenvalue weighted by Crippen LogP contribution is 2.27. The molecule has 1 aromatic heterocycles. The van der Waals surface area contributed by atoms with Crippen molar-refractivity contribution < 1.29 is 13.9 Å². The number of halogens is 1. The quantitative estimate of drug-likeness (QED) is 0.592. The monoisotopic (exact) mass is 385 g/mol. The molecule has 0 atom stereocenters. The van der Waals surface area contributed by atoms with Gasteiger partial charge in [-0.2, -0.15) is 5.10 Å². The Kier molecular flexibility index (Phi) is 6.44. The lowest BCUT2D eigenvalue weighted by atomic mass is 10.2. The van der Waals surface area contributed by atoms with Crippen LogP contribution in [0.3, 0.4) is 0 Å². The molecule has 0 saturated carbocycles. The second kappa shape index (κ2) is 9.18. The van der Waals surface area contributed by atoms with Crippen molar-refractivity contribution in [1.82, 2.24) is 9.99 Å². The van der Waals surface area contributed by atoms with Gasteiger partial charge in [-0.15, -0.1) is 0 Å². The van der Waals surface area contributed by atoms with E-state index in [0.29, 0.717) is 18.9 Å². The molecule has 0 aliphatic carbocycles. The summed E-state index contributed by atoms with van der Waals surface area (Å²) in [6.07, 6.45) is 5.42. The van der Waals surface area contributed by atoms with E-state index in [1.54, 1.807) is 12.3 Å². The number of ether oxygens (including phenoxy) is 1. The third-order valence-electron chi connectivity index (χ3n) is 4.45. The highest BCUT2D eigenvalue weighted by molar-refractivity contribution is 5.94. The first-order valence-corrected chi connectivity index (χ1v) is 9.16. The van der Waals surface area contributed by atoms with Crippen LogP contribution < -0.4 is 15.6 Å². The second-order valence-electron chi connectivity index (χ2n) is 6.24. The van der Waals surface area contributed by atoms with E-state index in [9.17, 15) is 9.18 Å². The molecule has 148 valence electrons. The number of nitrogens with one attached hydrogen (secondary N) is 2. The summed E-state index contributed by atoms with van der Waals surface area (Å²) in [5, 5.41) is 6.68. The number of benzene rings is 1. The van der Waals surface area contributed by atoms with E-state index in [1.807, 2.05) is 6.20 Å². The Morgan fingerprint density at radius 1 is 1.32 bits per heavy atom. The number of amides is 2. The molecule has 2 heterocycles. The first kappa shape index (κ1) is 19.6. The molecular weight excluding hydrogens is 361 g/mol. The van der Waals surface area contributed by atoms with Gasteiger partial charge in [0.25, 0.3) is 0 Å². The zero-order valence-electron chi connectivity index (χ0n) is 15.8. The number of aromatic nitrogens is 1. The van der Waals surface area contributed by atoms with Gasteiger partial charge < -0.3 is 19.5 Å². The first-order valence-electron chi connectivity index (χ1n) is 9.16. The molecule has 8 heteroatoms. The highest BCUT2D eigenvalue weighted by atomic mass is 19.1. The van der Waals surface area contributed by atoms with Gasteiger partial charge in [-0.3, -0.25) is 0 Å². The standard InChI is InChI=1S/C20H24FN5O2/c1-3-15-14-25(4-2)19(26-9-11-28-12-10-26)18(15)13-22-24-20(27)23-17-7-5-16(21)6-8-17/h3,5-8,13-14H,1,4,9-12H2,2H3,(H2,23,24,27)/b22-13+. The average molecular weight is 385 g/mol. The number of hydrogen-bond acceptors (Lipinski definition) is 4. The van der Waals surface area contributed by atoms with E-state index in [4.69, 9.17) is 4.74 Å². The lowest BCUT2D eigenvalue weighted by Gasteiger charge is -2.30. The summed E-state index contributed by atoms with van der Waals surface area (Å²) in [5.41, 5.74) is 4.75. The van der Waals surface area contributed by atoms with Gasteiger partial charge in [0, 0.05) is 42.6 Å². The van der Waals surface area contributed by atoms with Crippen molar-refractivity contribution in [2.24, 2.45) is 5.10 Å². The summed E-state index contributed by atoms with van der Waals surface area (Å²) in [6, 6.07) is 5.00. The number of hydrogen-bond donors (Lipinski definition) is 2. The fourth-order valence-corrected chi connectivity index (χ4v) is 3.09. The van der Waals surface area contributed by atoms with Crippen molar-refractivity contribution in [2.45, 2.75) is 13.5 Å². The number of carbonyl (C=O) groups excluding carboxylic acids is 1. The second-order valence-corrected chi connectivity index (χ2v) is 6.24. The maximum atomic E-state index is 12.9. The van der Waals surface area contributed by atoms with Crippen LogP contribution in [-0.2, 0) is 11.3 Å². The van der Waals surface area contributed by atoms with Crippen LogP contribution in [-0.4, -0.2) is 43.1 Å². The SMILES string of the molecule is C=Cc1cn(CC)c(N2CCOCC2)c1/C=N/NC(=O)Nc1ccc(F)cc1. The highest BCUT2D eigenvalue weighted by Gasteiger charge is 2.20. The fourth-order valence-electron chi connectivity index (χ4n) is 3.09. The van der Waals surface area contributed by atoms with E-state index in [2.05, 4.69) is 38.8 Å². The van der Waals surface area contributed by atoms with Gasteiger partial charge in [0.1, 0.15) is 11.6 Å². The summed E-state index contributed by atoms with van der Waals surface area (Å²) in [6.45, 7) is 9.69.